The Kier molecular flexibility index (Phi) is 15.1. The summed E-state index contributed by atoms with van der Waals surface area (Å²) in [5.74, 6) is -0.627. The molecule has 2 saturated heterocycles. The highest BCUT2D eigenvalue weighted by atomic mass is 32.1. The number of carboxylic acids is 1. The summed E-state index contributed by atoms with van der Waals surface area (Å²) in [6, 6.07) is 29.6. The van der Waals surface area contributed by atoms with E-state index in [1.54, 1.807) is 0 Å². The molecule has 10 rings (SSSR count). The number of hydrogen-bond acceptors (Lipinski definition) is 13. The molecule has 5 heterocycles. The van der Waals surface area contributed by atoms with E-state index < -0.39 is 17.8 Å². The van der Waals surface area contributed by atoms with Crippen LogP contribution < -0.4 is 30.5 Å². The van der Waals surface area contributed by atoms with E-state index >= 15 is 0 Å². The highest BCUT2D eigenvalue weighted by molar-refractivity contribution is 7.22. The molecule has 1 saturated carbocycles. The molecular weight excluding hydrogens is 951 g/mol. The Morgan fingerprint density at radius 2 is 1.69 bits per heavy atom. The second-order valence-electron chi connectivity index (χ2n) is 20.3. The predicted molar refractivity (Wildman–Crippen MR) is 292 cm³/mol. The molecule has 74 heavy (non-hydrogen) atoms. The van der Waals surface area contributed by atoms with E-state index in [1.807, 2.05) is 97.7 Å². The molecule has 1 aliphatic carbocycles. The number of piperazine rings is 1. The molecule has 3 amide bonds. The fraction of sp³-hybridized carbons (Fsp3) is 0.397. The van der Waals surface area contributed by atoms with Crippen LogP contribution in [0.3, 0.4) is 0 Å². The second-order valence-corrected chi connectivity index (χ2v) is 21.4. The molecule has 0 bridgehead atoms. The van der Waals surface area contributed by atoms with Crippen LogP contribution in [0.25, 0.3) is 21.3 Å². The van der Waals surface area contributed by atoms with Crippen LogP contribution in [0.5, 0.6) is 5.75 Å². The number of aromatic carboxylic acids is 1. The molecule has 384 valence electrons. The van der Waals surface area contributed by atoms with Crippen LogP contribution in [0.2, 0.25) is 0 Å². The largest absolute Gasteiger partial charge is 0.490 e. The number of carbonyl (C=O) groups is 4. The molecule has 0 spiro atoms. The van der Waals surface area contributed by atoms with Gasteiger partial charge in [0.15, 0.2) is 10.8 Å². The quantitative estimate of drug-likeness (QED) is 0.0351. The number of hydrogen-bond donors (Lipinski definition) is 5. The van der Waals surface area contributed by atoms with E-state index in [9.17, 15) is 24.3 Å². The summed E-state index contributed by atoms with van der Waals surface area (Å²) in [5, 5.41) is 28.5. The molecule has 16 heteroatoms. The Labute approximate surface area is 436 Å². The molecule has 5 N–H and O–H groups in total. The lowest BCUT2D eigenvalue weighted by molar-refractivity contribution is -0.134. The van der Waals surface area contributed by atoms with E-state index in [0.29, 0.717) is 65.5 Å². The van der Waals surface area contributed by atoms with Crippen LogP contribution in [0, 0.1) is 24.2 Å². The number of thiazole rings is 1. The zero-order chi connectivity index (χ0) is 51.5. The average molecular weight is 1020 g/mol. The van der Waals surface area contributed by atoms with Crippen molar-refractivity contribution in [1.82, 2.24) is 20.2 Å². The number of rotatable bonds is 16. The van der Waals surface area contributed by atoms with Crippen molar-refractivity contribution in [3.05, 3.63) is 125 Å². The maximum Gasteiger partial charge on any atom is 0.355 e. The first-order valence-electron chi connectivity index (χ1n) is 26.2. The topological polar surface area (TPSA) is 193 Å². The third kappa shape index (κ3) is 10.9. The molecule has 2 atom stereocenters. The van der Waals surface area contributed by atoms with Gasteiger partial charge < -0.3 is 30.4 Å². The van der Waals surface area contributed by atoms with Crippen LogP contribution in [0.1, 0.15) is 108 Å². The van der Waals surface area contributed by atoms with Crippen molar-refractivity contribution in [3.8, 4) is 16.9 Å². The summed E-state index contributed by atoms with van der Waals surface area (Å²) in [4.78, 5) is 67.1. The molecule has 3 fully saturated rings. The number of carboxylic acid groups (broad SMARTS) is 1. The minimum atomic E-state index is -1.10. The summed E-state index contributed by atoms with van der Waals surface area (Å²) in [5.41, 5.74) is 8.42. The molecule has 15 nitrogen and oxygen atoms in total. The monoisotopic (exact) mass is 1020 g/mol. The van der Waals surface area contributed by atoms with Crippen molar-refractivity contribution < 1.29 is 29.0 Å². The lowest BCUT2D eigenvalue weighted by atomic mass is 9.84. The number of ether oxygens (including phenoxy) is 1. The van der Waals surface area contributed by atoms with Crippen molar-refractivity contribution in [2.75, 3.05) is 60.2 Å². The Hall–Kier alpha value is -7.17. The number of para-hydroxylation sites is 1. The lowest BCUT2D eigenvalue weighted by Gasteiger charge is -2.41. The van der Waals surface area contributed by atoms with Crippen LogP contribution in [0.4, 0.5) is 22.3 Å². The Balaban J connectivity index is 0.694. The van der Waals surface area contributed by atoms with Crippen LogP contribution in [0.15, 0.2) is 91.0 Å². The Morgan fingerprint density at radius 1 is 0.865 bits per heavy atom. The van der Waals surface area contributed by atoms with Gasteiger partial charge in [-0.2, -0.15) is 0 Å². The number of amides is 3. The van der Waals surface area contributed by atoms with Gasteiger partial charge in [0.25, 0.3) is 5.91 Å². The number of aromatic nitrogens is 2. The number of imide groups is 1. The summed E-state index contributed by atoms with van der Waals surface area (Å²) >= 11 is 1.44. The number of piperidine rings is 1. The zero-order valence-corrected chi connectivity index (χ0v) is 43.2. The number of anilines is 4. The highest BCUT2D eigenvalue weighted by Crippen LogP contribution is 2.38. The first-order chi connectivity index (χ1) is 35.9. The third-order valence-corrected chi connectivity index (χ3v) is 16.6. The van der Waals surface area contributed by atoms with Gasteiger partial charge in [-0.1, -0.05) is 60.6 Å². The zero-order valence-electron chi connectivity index (χ0n) is 42.4. The van der Waals surface area contributed by atoms with Gasteiger partial charge in [-0.15, -0.1) is 0 Å². The smallest absolute Gasteiger partial charge is 0.355 e. The number of benzene rings is 4. The maximum atomic E-state index is 13.7. The van der Waals surface area contributed by atoms with Gasteiger partial charge in [-0.05, 0) is 148 Å². The molecule has 1 unspecified atom stereocenters. The summed E-state index contributed by atoms with van der Waals surface area (Å²) in [7, 11) is 1.84. The predicted octanol–water partition coefficient (Wildman–Crippen LogP) is 9.96. The lowest BCUT2D eigenvalue weighted by Crippen LogP contribution is -2.52. The summed E-state index contributed by atoms with van der Waals surface area (Å²) in [6.45, 7) is 9.24. The van der Waals surface area contributed by atoms with E-state index in [0.717, 1.165) is 101 Å². The maximum absolute atomic E-state index is 13.7. The van der Waals surface area contributed by atoms with Crippen molar-refractivity contribution in [2.24, 2.45) is 11.8 Å². The summed E-state index contributed by atoms with van der Waals surface area (Å²) in [6.07, 6.45) is 9.21. The van der Waals surface area contributed by atoms with Crippen molar-refractivity contribution >= 4 is 73.3 Å². The molecule has 6 aromatic rings. The fourth-order valence-electron chi connectivity index (χ4n) is 11.5. The van der Waals surface area contributed by atoms with Crippen molar-refractivity contribution in [2.45, 2.75) is 96.7 Å². The Morgan fingerprint density at radius 3 is 2.47 bits per heavy atom. The van der Waals surface area contributed by atoms with E-state index in [1.165, 1.54) is 30.6 Å². The number of unbranched alkanes of at least 4 members (excludes halogenated alkanes) is 1. The van der Waals surface area contributed by atoms with E-state index in [2.05, 4.69) is 49.8 Å². The number of pyridine rings is 1. The Bertz CT molecular complexity index is 3080. The van der Waals surface area contributed by atoms with E-state index in [-0.39, 0.29) is 35.7 Å². The average Bonchev–Trinajstić information content (AvgIpc) is 3.83. The number of nitrogens with one attached hydrogen (secondary N) is 4. The SMILES string of the molecule is CNc1cc(N2CCN(CCCCC3CCC(Oc4cccc(-c5ccc(N6CCc7cccc(C(=O)Nc8nc9ccccc9s8)c7C6)nc5C(=O)O)c4C)CC3)[C@@H](C)C2)ccc1C(=N)C1CCC(=O)NC1=O. The van der Waals surface area contributed by atoms with Crippen LogP contribution >= 0.6 is 11.3 Å². The van der Waals surface area contributed by atoms with Crippen molar-refractivity contribution in [1.29, 1.82) is 5.41 Å². The number of fused-ring (bicyclic) bond motifs is 2. The van der Waals surface area contributed by atoms with Gasteiger partial charge in [0, 0.05) is 80.3 Å². The second kappa shape index (κ2) is 22.1. The minimum Gasteiger partial charge on any atom is -0.490 e. The van der Waals surface area contributed by atoms with Crippen LogP contribution in [-0.4, -0.2) is 101 Å². The van der Waals surface area contributed by atoms with Crippen LogP contribution in [-0.2, 0) is 22.6 Å². The molecule has 4 aromatic carbocycles. The van der Waals surface area contributed by atoms with Gasteiger partial charge in [0.2, 0.25) is 11.8 Å². The van der Waals surface area contributed by atoms with Gasteiger partial charge in [-0.3, -0.25) is 29.9 Å². The fourth-order valence-corrected chi connectivity index (χ4v) is 12.3. The van der Waals surface area contributed by atoms with Gasteiger partial charge in [0.1, 0.15) is 11.6 Å². The van der Waals surface area contributed by atoms with E-state index in [4.69, 9.17) is 15.1 Å². The molecule has 2 aromatic heterocycles. The first kappa shape index (κ1) is 50.4. The molecular formula is C58H65N9O6S. The third-order valence-electron chi connectivity index (χ3n) is 15.7. The standard InChI is InChI=1S/C58H65N9O6S/c1-35-33-66(39-19-22-44(48(32-39)60-3)53(59)45-24-26-52(68)63-56(45)70)31-30-65(35)28-7-6-10-37-17-20-40(21-18-37)73-49-15-9-12-41(36(49)2)42-23-25-51(62-54(42)57(71)72)67-29-27-38-11-8-13-43(46(38)34-67)55(69)64-58-61-47-14-4-5-16-50(47)74-58/h4-5,8-9,11-16,19,22-23,25,32,35,37,40,45,59-60H,6-7,10,17-18,20-21,24,26-31,33-34H2,1-3H3,(H,71,72)(H,61,64,69)(H,63,68,70)/t35-,37?,40?,45?/m0/s1. The van der Waals surface area contributed by atoms with Gasteiger partial charge >= 0.3 is 5.97 Å². The number of carbonyl (C=O) groups excluding carboxylic acids is 3. The normalized spacial score (nSPS) is 20.2. The molecule has 3 aliphatic heterocycles. The van der Waals surface area contributed by atoms with Crippen molar-refractivity contribution in [3.63, 3.8) is 0 Å². The first-order valence-corrected chi connectivity index (χ1v) is 27.0. The molecule has 4 aliphatic rings. The highest BCUT2D eigenvalue weighted by Gasteiger charge is 2.33. The van der Waals surface area contributed by atoms with Gasteiger partial charge in [0.05, 0.1) is 28.0 Å². The summed E-state index contributed by atoms with van der Waals surface area (Å²) < 4.78 is 7.69. The number of nitrogens with zero attached hydrogens (tertiary/aromatic N) is 5. The minimum absolute atomic E-state index is 0.0217. The molecule has 0 radical (unpaired) electrons. The van der Waals surface area contributed by atoms with Gasteiger partial charge in [-0.25, -0.2) is 14.8 Å².